The standard InChI is InChI=1S/C25H31ClN2/c1-24(2)20-13-14-25(24,3)23-22(20)28(16-15-27-23)21(17-7-5-4-6-8-17)18-9-11-19(26)12-10-18/h4-12,20-23,27H,13-16H2,1-3H3. The lowest BCUT2D eigenvalue weighted by Gasteiger charge is -2.50. The summed E-state index contributed by atoms with van der Waals surface area (Å²) in [6, 6.07) is 21.0. The fourth-order valence-electron chi connectivity index (χ4n) is 6.75. The van der Waals surface area contributed by atoms with E-state index in [4.69, 9.17) is 11.6 Å². The van der Waals surface area contributed by atoms with Crippen LogP contribution in [0.2, 0.25) is 5.02 Å². The Hall–Kier alpha value is -1.35. The number of benzene rings is 2. The maximum atomic E-state index is 6.22. The topological polar surface area (TPSA) is 15.3 Å². The Kier molecular flexibility index (Phi) is 4.39. The zero-order valence-electron chi connectivity index (χ0n) is 17.2. The predicted molar refractivity (Wildman–Crippen MR) is 117 cm³/mol. The molecule has 1 N–H and O–H groups in total. The van der Waals surface area contributed by atoms with E-state index >= 15 is 0 Å². The van der Waals surface area contributed by atoms with Crippen molar-refractivity contribution in [2.75, 3.05) is 13.1 Å². The van der Waals surface area contributed by atoms with Crippen molar-refractivity contribution in [2.45, 2.75) is 51.7 Å². The van der Waals surface area contributed by atoms with Crippen LogP contribution >= 0.6 is 11.6 Å². The normalized spacial score (nSPS) is 34.9. The number of hydrogen-bond donors (Lipinski definition) is 1. The molecular formula is C25H31ClN2. The Morgan fingerprint density at radius 2 is 1.68 bits per heavy atom. The summed E-state index contributed by atoms with van der Waals surface area (Å²) in [5, 5.41) is 4.75. The van der Waals surface area contributed by atoms with Gasteiger partial charge >= 0.3 is 0 Å². The van der Waals surface area contributed by atoms with Crippen molar-refractivity contribution < 1.29 is 0 Å². The van der Waals surface area contributed by atoms with Crippen molar-refractivity contribution in [3.8, 4) is 0 Å². The van der Waals surface area contributed by atoms with E-state index in [1.807, 2.05) is 12.1 Å². The van der Waals surface area contributed by atoms with Crippen LogP contribution in [-0.4, -0.2) is 30.1 Å². The van der Waals surface area contributed by atoms with Crippen LogP contribution in [0.15, 0.2) is 54.6 Å². The summed E-state index contributed by atoms with van der Waals surface area (Å²) in [4.78, 5) is 2.82. The van der Waals surface area contributed by atoms with Gasteiger partial charge in [0.05, 0.1) is 6.04 Å². The molecule has 3 fully saturated rings. The van der Waals surface area contributed by atoms with E-state index in [0.717, 1.165) is 24.0 Å². The lowest BCUT2D eigenvalue weighted by molar-refractivity contribution is 0.0352. The number of nitrogens with one attached hydrogen (secondary N) is 1. The van der Waals surface area contributed by atoms with Crippen molar-refractivity contribution >= 4 is 11.6 Å². The van der Waals surface area contributed by atoms with Crippen LogP contribution in [0.5, 0.6) is 0 Å². The Labute approximate surface area is 174 Å². The molecule has 5 unspecified atom stereocenters. The molecule has 28 heavy (non-hydrogen) atoms. The van der Waals surface area contributed by atoms with E-state index in [-0.39, 0.29) is 6.04 Å². The number of rotatable bonds is 3. The Morgan fingerprint density at radius 1 is 1.00 bits per heavy atom. The van der Waals surface area contributed by atoms with Gasteiger partial charge in [-0.2, -0.15) is 0 Å². The summed E-state index contributed by atoms with van der Waals surface area (Å²) < 4.78 is 0. The first-order valence-corrected chi connectivity index (χ1v) is 11.1. The van der Waals surface area contributed by atoms with Crippen LogP contribution in [0.3, 0.4) is 0 Å². The number of nitrogens with zero attached hydrogens (tertiary/aromatic N) is 1. The number of halogens is 1. The van der Waals surface area contributed by atoms with Crippen molar-refractivity contribution in [3.63, 3.8) is 0 Å². The van der Waals surface area contributed by atoms with Gasteiger partial charge in [-0.1, -0.05) is 74.8 Å². The molecule has 5 atom stereocenters. The van der Waals surface area contributed by atoms with Gasteiger partial charge < -0.3 is 5.32 Å². The highest BCUT2D eigenvalue weighted by atomic mass is 35.5. The molecule has 2 aliphatic carbocycles. The summed E-state index contributed by atoms with van der Waals surface area (Å²) in [5.74, 6) is 0.744. The Bertz CT molecular complexity index is 847. The first-order chi connectivity index (χ1) is 13.4. The van der Waals surface area contributed by atoms with Crippen molar-refractivity contribution in [3.05, 3.63) is 70.7 Å². The van der Waals surface area contributed by atoms with Gasteiger partial charge in [0.25, 0.3) is 0 Å². The maximum absolute atomic E-state index is 6.22. The highest BCUT2D eigenvalue weighted by molar-refractivity contribution is 6.30. The summed E-state index contributed by atoms with van der Waals surface area (Å²) in [7, 11) is 0. The third-order valence-corrected chi connectivity index (χ3v) is 8.82. The van der Waals surface area contributed by atoms with Gasteiger partial charge in [-0.05, 0) is 52.8 Å². The van der Waals surface area contributed by atoms with Crippen LogP contribution in [0.4, 0.5) is 0 Å². The van der Waals surface area contributed by atoms with Gasteiger partial charge in [0.15, 0.2) is 0 Å². The summed E-state index contributed by atoms with van der Waals surface area (Å²) >= 11 is 6.22. The molecule has 0 aromatic heterocycles. The molecular weight excluding hydrogens is 364 g/mol. The molecule has 1 heterocycles. The van der Waals surface area contributed by atoms with E-state index in [1.54, 1.807) is 0 Å². The molecule has 5 rings (SSSR count). The molecule has 2 saturated carbocycles. The van der Waals surface area contributed by atoms with Crippen LogP contribution in [-0.2, 0) is 0 Å². The quantitative estimate of drug-likeness (QED) is 0.736. The van der Waals surface area contributed by atoms with Gasteiger partial charge in [0, 0.05) is 30.2 Å². The highest BCUT2D eigenvalue weighted by Crippen LogP contribution is 2.67. The molecule has 0 radical (unpaired) electrons. The molecule has 2 nitrogen and oxygen atoms in total. The third kappa shape index (κ3) is 2.54. The van der Waals surface area contributed by atoms with Crippen molar-refractivity contribution in [1.29, 1.82) is 0 Å². The average Bonchev–Trinajstić information content (AvgIpc) is 3.03. The summed E-state index contributed by atoms with van der Waals surface area (Å²) in [6.45, 7) is 9.72. The number of fused-ring (bicyclic) bond motifs is 5. The maximum Gasteiger partial charge on any atom is 0.0605 e. The zero-order chi connectivity index (χ0) is 19.5. The molecule has 2 bridgehead atoms. The fraction of sp³-hybridized carbons (Fsp3) is 0.520. The summed E-state index contributed by atoms with van der Waals surface area (Å²) in [5.41, 5.74) is 3.49. The largest absolute Gasteiger partial charge is 0.311 e. The smallest absolute Gasteiger partial charge is 0.0605 e. The van der Waals surface area contributed by atoms with Crippen molar-refractivity contribution in [2.24, 2.45) is 16.7 Å². The predicted octanol–water partition coefficient (Wildman–Crippen LogP) is 5.53. The number of hydrogen-bond acceptors (Lipinski definition) is 2. The van der Waals surface area contributed by atoms with Crippen molar-refractivity contribution in [1.82, 2.24) is 10.2 Å². The zero-order valence-corrected chi connectivity index (χ0v) is 17.9. The van der Waals surface area contributed by atoms with Crippen LogP contribution in [0.1, 0.15) is 50.8 Å². The molecule has 2 aromatic carbocycles. The first kappa shape index (κ1) is 18.7. The second kappa shape index (κ2) is 6.58. The minimum atomic E-state index is 0.284. The van der Waals surface area contributed by atoms with Gasteiger partial charge in [-0.3, -0.25) is 4.90 Å². The Morgan fingerprint density at radius 3 is 2.39 bits per heavy atom. The average molecular weight is 395 g/mol. The Balaban J connectivity index is 1.60. The number of piperazine rings is 1. The molecule has 1 aliphatic heterocycles. The van der Waals surface area contributed by atoms with Gasteiger partial charge in [-0.25, -0.2) is 0 Å². The molecule has 148 valence electrons. The van der Waals surface area contributed by atoms with Crippen LogP contribution in [0.25, 0.3) is 0 Å². The highest BCUT2D eigenvalue weighted by Gasteiger charge is 2.68. The minimum absolute atomic E-state index is 0.284. The molecule has 3 heteroatoms. The van der Waals surface area contributed by atoms with Gasteiger partial charge in [0.1, 0.15) is 0 Å². The van der Waals surface area contributed by atoms with E-state index in [2.05, 4.69) is 73.5 Å². The monoisotopic (exact) mass is 394 g/mol. The van der Waals surface area contributed by atoms with E-state index in [9.17, 15) is 0 Å². The second-order valence-electron chi connectivity index (χ2n) is 9.81. The van der Waals surface area contributed by atoms with E-state index in [1.165, 1.54) is 24.0 Å². The molecule has 1 saturated heterocycles. The minimum Gasteiger partial charge on any atom is -0.311 e. The molecule has 0 spiro atoms. The second-order valence-corrected chi connectivity index (χ2v) is 10.2. The molecule has 0 amide bonds. The lowest BCUT2D eigenvalue weighted by Crippen LogP contribution is -2.63. The summed E-state index contributed by atoms with van der Waals surface area (Å²) in [6.07, 6.45) is 2.70. The van der Waals surface area contributed by atoms with E-state index in [0.29, 0.717) is 22.9 Å². The lowest BCUT2D eigenvalue weighted by atomic mass is 9.69. The SMILES string of the molecule is CC1(C)C2CCC1(C)C1NCCN(C(c3ccccc3)c3ccc(Cl)cc3)C21. The first-order valence-electron chi connectivity index (χ1n) is 10.7. The van der Waals surface area contributed by atoms with Crippen LogP contribution in [0, 0.1) is 16.7 Å². The van der Waals surface area contributed by atoms with Gasteiger partial charge in [0.2, 0.25) is 0 Å². The fourth-order valence-corrected chi connectivity index (χ4v) is 6.87. The third-order valence-electron chi connectivity index (χ3n) is 8.56. The van der Waals surface area contributed by atoms with Gasteiger partial charge in [-0.15, -0.1) is 0 Å². The molecule has 3 aliphatic rings. The van der Waals surface area contributed by atoms with E-state index < -0.39 is 0 Å². The van der Waals surface area contributed by atoms with Crippen LogP contribution < -0.4 is 5.32 Å². The molecule has 2 aromatic rings.